The third-order valence-electron chi connectivity index (χ3n) is 4.98. The number of benzene rings is 2. The molecule has 2 heterocycles. The molecule has 4 aromatic rings. The SMILES string of the molecule is Cc1nc(-c2ccc(F)cc2)sc1-c1ccc(SCC(=O)Nc2cc(C(F)(F)F)cc(C(F)(F)F)c2)nn1. The van der Waals surface area contributed by atoms with Gasteiger partial charge in [0.2, 0.25) is 5.91 Å². The van der Waals surface area contributed by atoms with E-state index in [0.717, 1.165) is 22.2 Å². The fourth-order valence-corrected chi connectivity index (χ4v) is 4.88. The van der Waals surface area contributed by atoms with Crippen LogP contribution in [0.4, 0.5) is 36.4 Å². The first-order valence-electron chi connectivity index (χ1n) is 10.6. The molecule has 0 bridgehead atoms. The first-order valence-corrected chi connectivity index (χ1v) is 12.4. The fraction of sp³-hybridized carbons (Fsp3) is 0.167. The normalized spacial score (nSPS) is 12.0. The van der Waals surface area contributed by atoms with E-state index in [2.05, 4.69) is 20.5 Å². The quantitative estimate of drug-likeness (QED) is 0.192. The van der Waals surface area contributed by atoms with Gasteiger partial charge in [-0.15, -0.1) is 21.5 Å². The van der Waals surface area contributed by atoms with Gasteiger partial charge >= 0.3 is 12.4 Å². The van der Waals surface area contributed by atoms with Crippen LogP contribution in [0.2, 0.25) is 0 Å². The van der Waals surface area contributed by atoms with E-state index < -0.39 is 35.1 Å². The molecule has 0 saturated heterocycles. The standard InChI is InChI=1S/C24H15F7N4OS2/c1-12-21(38-22(32-12)13-2-4-16(25)5-3-13)18-6-7-20(35-34-18)37-11-19(36)33-17-9-14(23(26,27)28)8-15(10-17)24(29,30)31/h2-10H,11H2,1H3,(H,33,36). The van der Waals surface area contributed by atoms with Crippen molar-refractivity contribution in [1.82, 2.24) is 15.2 Å². The summed E-state index contributed by atoms with van der Waals surface area (Å²) in [5, 5.41) is 11.2. The number of amides is 1. The van der Waals surface area contributed by atoms with Crippen molar-refractivity contribution in [2.45, 2.75) is 24.3 Å². The molecule has 0 atom stereocenters. The first-order chi connectivity index (χ1) is 17.8. The van der Waals surface area contributed by atoms with E-state index in [9.17, 15) is 35.5 Å². The lowest BCUT2D eigenvalue weighted by Gasteiger charge is -2.14. The number of thiazole rings is 1. The number of aromatic nitrogens is 3. The van der Waals surface area contributed by atoms with Crippen LogP contribution in [0.25, 0.3) is 21.1 Å². The van der Waals surface area contributed by atoms with Crippen LogP contribution in [-0.4, -0.2) is 26.8 Å². The van der Waals surface area contributed by atoms with Crippen LogP contribution in [0, 0.1) is 12.7 Å². The molecule has 0 saturated carbocycles. The van der Waals surface area contributed by atoms with Crippen LogP contribution < -0.4 is 5.32 Å². The summed E-state index contributed by atoms with van der Waals surface area (Å²) in [6.45, 7) is 1.78. The number of nitrogens with one attached hydrogen (secondary N) is 1. The Kier molecular flexibility index (Phi) is 7.74. The summed E-state index contributed by atoms with van der Waals surface area (Å²) in [5.74, 6) is -1.52. The summed E-state index contributed by atoms with van der Waals surface area (Å²) in [7, 11) is 0. The van der Waals surface area contributed by atoms with Gasteiger partial charge < -0.3 is 5.32 Å². The molecular formula is C24H15F7N4OS2. The highest BCUT2D eigenvalue weighted by Gasteiger charge is 2.37. The highest BCUT2D eigenvalue weighted by molar-refractivity contribution is 7.99. The average Bonchev–Trinajstić information content (AvgIpc) is 3.23. The molecule has 0 aliphatic carbocycles. The number of halogens is 7. The lowest BCUT2D eigenvalue weighted by Crippen LogP contribution is -2.17. The maximum atomic E-state index is 13.2. The molecule has 0 spiro atoms. The topological polar surface area (TPSA) is 67.8 Å². The molecule has 0 aliphatic heterocycles. The van der Waals surface area contributed by atoms with Crippen LogP contribution in [0.3, 0.4) is 0 Å². The Morgan fingerprint density at radius 1 is 0.921 bits per heavy atom. The Hall–Kier alpha value is -3.52. The van der Waals surface area contributed by atoms with Crippen molar-refractivity contribution >= 4 is 34.7 Å². The Morgan fingerprint density at radius 2 is 1.55 bits per heavy atom. The average molecular weight is 573 g/mol. The number of anilines is 1. The highest BCUT2D eigenvalue weighted by atomic mass is 32.2. The number of aryl methyl sites for hydroxylation is 1. The predicted molar refractivity (Wildman–Crippen MR) is 129 cm³/mol. The molecule has 0 fully saturated rings. The summed E-state index contributed by atoms with van der Waals surface area (Å²) in [4.78, 5) is 17.4. The predicted octanol–water partition coefficient (Wildman–Crippen LogP) is 7.48. The third-order valence-corrected chi connectivity index (χ3v) is 7.13. The monoisotopic (exact) mass is 572 g/mol. The zero-order chi connectivity index (χ0) is 27.7. The second-order valence-electron chi connectivity index (χ2n) is 7.83. The van der Waals surface area contributed by atoms with Crippen molar-refractivity contribution in [2.75, 3.05) is 11.1 Å². The number of thioether (sulfide) groups is 1. The van der Waals surface area contributed by atoms with Crippen LogP contribution in [0.1, 0.15) is 16.8 Å². The van der Waals surface area contributed by atoms with Gasteiger partial charge in [-0.05, 0) is 61.5 Å². The summed E-state index contributed by atoms with van der Waals surface area (Å²) >= 11 is 2.24. The molecule has 1 amide bonds. The lowest BCUT2D eigenvalue weighted by atomic mass is 10.1. The minimum atomic E-state index is -5.02. The molecule has 0 unspecified atom stereocenters. The molecule has 2 aromatic carbocycles. The van der Waals surface area contributed by atoms with E-state index in [4.69, 9.17) is 0 Å². The molecule has 5 nitrogen and oxygen atoms in total. The maximum Gasteiger partial charge on any atom is 0.416 e. The number of carbonyl (C=O) groups is 1. The van der Waals surface area contributed by atoms with Gasteiger partial charge in [0.15, 0.2) is 0 Å². The minimum Gasteiger partial charge on any atom is -0.325 e. The molecule has 2 aromatic heterocycles. The zero-order valence-electron chi connectivity index (χ0n) is 19.1. The summed E-state index contributed by atoms with van der Waals surface area (Å²) in [5.41, 5.74) is -1.76. The molecule has 0 aliphatic rings. The summed E-state index contributed by atoms with van der Waals surface area (Å²) < 4.78 is 91.2. The van der Waals surface area contributed by atoms with Crippen molar-refractivity contribution in [3.63, 3.8) is 0 Å². The molecular weight excluding hydrogens is 557 g/mol. The van der Waals surface area contributed by atoms with Gasteiger partial charge in [0.1, 0.15) is 21.5 Å². The first kappa shape index (κ1) is 27.5. The van der Waals surface area contributed by atoms with Crippen molar-refractivity contribution in [1.29, 1.82) is 0 Å². The molecule has 38 heavy (non-hydrogen) atoms. The molecule has 0 radical (unpaired) electrons. The van der Waals surface area contributed by atoms with Crippen molar-refractivity contribution in [3.8, 4) is 21.1 Å². The molecule has 1 N–H and O–H groups in total. The van der Waals surface area contributed by atoms with Crippen LogP contribution in [0.5, 0.6) is 0 Å². The number of hydrogen-bond acceptors (Lipinski definition) is 6. The van der Waals surface area contributed by atoms with Crippen molar-refractivity contribution in [3.05, 3.63) is 77.2 Å². The Bertz CT molecular complexity index is 1420. The number of carbonyl (C=O) groups excluding carboxylic acids is 1. The fourth-order valence-electron chi connectivity index (χ4n) is 3.23. The van der Waals surface area contributed by atoms with E-state index in [-0.39, 0.29) is 17.6 Å². The zero-order valence-corrected chi connectivity index (χ0v) is 20.7. The van der Waals surface area contributed by atoms with Crippen molar-refractivity contribution < 1.29 is 35.5 Å². The van der Waals surface area contributed by atoms with E-state index in [1.807, 2.05) is 0 Å². The Labute approximate surface area is 219 Å². The molecule has 14 heteroatoms. The van der Waals surface area contributed by atoms with Gasteiger partial charge in [-0.2, -0.15) is 26.3 Å². The summed E-state index contributed by atoms with van der Waals surface area (Å²) in [6, 6.07) is 9.94. The maximum absolute atomic E-state index is 13.2. The largest absolute Gasteiger partial charge is 0.416 e. The van der Waals surface area contributed by atoms with Crippen molar-refractivity contribution in [2.24, 2.45) is 0 Å². The van der Waals surface area contributed by atoms with Gasteiger partial charge in [0.25, 0.3) is 0 Å². The number of alkyl halides is 6. The third kappa shape index (κ3) is 6.67. The number of nitrogens with zero attached hydrogens (tertiary/aromatic N) is 3. The Balaban J connectivity index is 1.42. The van der Waals surface area contributed by atoms with Gasteiger partial charge in [-0.1, -0.05) is 11.8 Å². The van der Waals surface area contributed by atoms with E-state index in [0.29, 0.717) is 33.6 Å². The van der Waals surface area contributed by atoms with E-state index >= 15 is 0 Å². The Morgan fingerprint density at radius 3 is 2.11 bits per heavy atom. The lowest BCUT2D eigenvalue weighted by molar-refractivity contribution is -0.143. The molecule has 4 rings (SSSR count). The second kappa shape index (κ2) is 10.7. The van der Waals surface area contributed by atoms with Gasteiger partial charge in [0.05, 0.1) is 27.5 Å². The second-order valence-corrected chi connectivity index (χ2v) is 9.82. The van der Waals surface area contributed by atoms with Gasteiger partial charge in [0, 0.05) is 11.3 Å². The molecule has 198 valence electrons. The van der Waals surface area contributed by atoms with Crippen LogP contribution in [0.15, 0.2) is 59.6 Å². The number of hydrogen-bond donors (Lipinski definition) is 1. The van der Waals surface area contributed by atoms with E-state index in [1.165, 1.54) is 23.5 Å². The highest BCUT2D eigenvalue weighted by Crippen LogP contribution is 2.38. The minimum absolute atomic E-state index is 0.0189. The summed E-state index contributed by atoms with van der Waals surface area (Å²) in [6.07, 6.45) is -10.0. The van der Waals surface area contributed by atoms with Gasteiger partial charge in [-0.25, -0.2) is 9.37 Å². The smallest absolute Gasteiger partial charge is 0.325 e. The van der Waals surface area contributed by atoms with Gasteiger partial charge in [-0.3, -0.25) is 4.79 Å². The van der Waals surface area contributed by atoms with E-state index in [1.54, 1.807) is 31.2 Å². The van der Waals surface area contributed by atoms with Crippen LogP contribution >= 0.6 is 23.1 Å². The number of rotatable bonds is 6. The van der Waals surface area contributed by atoms with Crippen LogP contribution in [-0.2, 0) is 17.1 Å².